The Hall–Kier alpha value is -3.55. The van der Waals surface area contributed by atoms with Crippen LogP contribution in [0.1, 0.15) is 12.0 Å². The lowest BCUT2D eigenvalue weighted by Gasteiger charge is -2.04. The molecule has 3 rings (SSSR count). The van der Waals surface area contributed by atoms with Gasteiger partial charge in [0, 0.05) is 12.0 Å². The number of aromatic nitrogens is 2. The number of nitrogens with one attached hydrogen (secondary N) is 1. The van der Waals surface area contributed by atoms with E-state index in [9.17, 15) is 14.0 Å². The highest BCUT2D eigenvalue weighted by Gasteiger charge is 2.13. The summed E-state index contributed by atoms with van der Waals surface area (Å²) in [6.45, 7) is -0.467. The van der Waals surface area contributed by atoms with E-state index in [-0.39, 0.29) is 24.1 Å². The standard InChI is InChI=1S/C19H16FN3O4/c20-15-9-6-13(7-10-15)8-11-17(25)26-12-16(24)21-19-23-22-18(27-19)14-4-2-1-3-5-14/h1-7,9-10H,8,11-12H2,(H,21,23,24). The molecule has 1 amide bonds. The molecule has 1 heterocycles. The Bertz CT molecular complexity index is 910. The van der Waals surface area contributed by atoms with Gasteiger partial charge in [-0.3, -0.25) is 14.9 Å². The first-order valence-corrected chi connectivity index (χ1v) is 8.19. The summed E-state index contributed by atoms with van der Waals surface area (Å²) < 4.78 is 23.1. The number of ether oxygens (including phenoxy) is 1. The highest BCUT2D eigenvalue weighted by atomic mass is 19.1. The van der Waals surface area contributed by atoms with Crippen molar-refractivity contribution >= 4 is 17.9 Å². The molecule has 0 saturated carbocycles. The first-order chi connectivity index (χ1) is 13.1. The zero-order valence-corrected chi connectivity index (χ0v) is 14.2. The molecule has 3 aromatic rings. The first kappa shape index (κ1) is 18.2. The molecule has 8 heteroatoms. The van der Waals surface area contributed by atoms with E-state index < -0.39 is 18.5 Å². The van der Waals surface area contributed by atoms with Gasteiger partial charge in [-0.2, -0.15) is 0 Å². The van der Waals surface area contributed by atoms with Crippen LogP contribution < -0.4 is 5.32 Å². The molecule has 1 aromatic heterocycles. The van der Waals surface area contributed by atoms with Crippen LogP contribution in [-0.4, -0.2) is 28.7 Å². The first-order valence-electron chi connectivity index (χ1n) is 8.19. The van der Waals surface area contributed by atoms with Crippen molar-refractivity contribution < 1.29 is 23.1 Å². The molecule has 0 aliphatic carbocycles. The fraction of sp³-hybridized carbons (Fsp3) is 0.158. The Morgan fingerprint density at radius 3 is 2.52 bits per heavy atom. The van der Waals surface area contributed by atoms with E-state index in [0.717, 1.165) is 11.1 Å². The average Bonchev–Trinajstić information content (AvgIpc) is 3.15. The molecule has 0 radical (unpaired) electrons. The van der Waals surface area contributed by atoms with Crippen LogP contribution in [0, 0.1) is 5.82 Å². The van der Waals surface area contributed by atoms with Crippen molar-refractivity contribution in [1.82, 2.24) is 10.2 Å². The molecule has 1 N–H and O–H groups in total. The number of rotatable bonds is 7. The summed E-state index contributed by atoms with van der Waals surface area (Å²) in [7, 11) is 0. The Balaban J connectivity index is 1.42. The van der Waals surface area contributed by atoms with Gasteiger partial charge in [0.05, 0.1) is 0 Å². The summed E-state index contributed by atoms with van der Waals surface area (Å²) in [5, 5.41) is 9.93. The van der Waals surface area contributed by atoms with Gasteiger partial charge in [0.2, 0.25) is 5.89 Å². The number of nitrogens with zero attached hydrogens (tertiary/aromatic N) is 2. The zero-order chi connectivity index (χ0) is 19.1. The fourth-order valence-electron chi connectivity index (χ4n) is 2.24. The predicted octanol–water partition coefficient (Wildman–Crippen LogP) is 2.99. The largest absolute Gasteiger partial charge is 0.456 e. The van der Waals surface area contributed by atoms with Gasteiger partial charge in [-0.1, -0.05) is 35.4 Å². The van der Waals surface area contributed by atoms with Gasteiger partial charge < -0.3 is 9.15 Å². The third kappa shape index (κ3) is 5.46. The van der Waals surface area contributed by atoms with E-state index in [4.69, 9.17) is 9.15 Å². The van der Waals surface area contributed by atoms with E-state index >= 15 is 0 Å². The van der Waals surface area contributed by atoms with Crippen LogP contribution in [0.2, 0.25) is 0 Å². The lowest BCUT2D eigenvalue weighted by atomic mass is 10.1. The van der Waals surface area contributed by atoms with Crippen molar-refractivity contribution in [3.8, 4) is 11.5 Å². The lowest BCUT2D eigenvalue weighted by Crippen LogP contribution is -2.21. The van der Waals surface area contributed by atoms with Crippen LogP contribution >= 0.6 is 0 Å². The number of esters is 1. The van der Waals surface area contributed by atoms with E-state index in [0.29, 0.717) is 6.42 Å². The Morgan fingerprint density at radius 1 is 1.04 bits per heavy atom. The molecule has 0 unspecified atom stereocenters. The maximum Gasteiger partial charge on any atom is 0.322 e. The molecule has 0 bridgehead atoms. The third-order valence-corrected chi connectivity index (χ3v) is 3.59. The van der Waals surface area contributed by atoms with E-state index in [2.05, 4.69) is 15.5 Å². The SMILES string of the molecule is O=C(COC(=O)CCc1ccc(F)cc1)Nc1nnc(-c2ccccc2)o1. The molecular weight excluding hydrogens is 353 g/mol. The summed E-state index contributed by atoms with van der Waals surface area (Å²) in [6, 6.07) is 14.8. The minimum Gasteiger partial charge on any atom is -0.456 e. The Kier molecular flexibility index (Phi) is 5.88. The van der Waals surface area contributed by atoms with Gasteiger partial charge in [-0.05, 0) is 36.2 Å². The van der Waals surface area contributed by atoms with Crippen molar-refractivity contribution in [3.05, 3.63) is 66.0 Å². The smallest absolute Gasteiger partial charge is 0.322 e. The van der Waals surface area contributed by atoms with E-state index in [1.165, 1.54) is 12.1 Å². The number of amides is 1. The Labute approximate surface area is 154 Å². The molecule has 7 nitrogen and oxygen atoms in total. The van der Waals surface area contributed by atoms with Crippen molar-refractivity contribution in [2.75, 3.05) is 11.9 Å². The van der Waals surface area contributed by atoms with Gasteiger partial charge in [0.25, 0.3) is 5.91 Å². The highest BCUT2D eigenvalue weighted by Crippen LogP contribution is 2.18. The molecule has 0 aliphatic rings. The number of carbonyl (C=O) groups is 2. The molecule has 0 saturated heterocycles. The summed E-state index contributed by atoms with van der Waals surface area (Å²) >= 11 is 0. The summed E-state index contributed by atoms with van der Waals surface area (Å²) in [4.78, 5) is 23.5. The Morgan fingerprint density at radius 2 is 1.78 bits per heavy atom. The topological polar surface area (TPSA) is 94.3 Å². The molecule has 138 valence electrons. The number of anilines is 1. The molecule has 2 aromatic carbocycles. The molecule has 0 atom stereocenters. The molecule has 0 fully saturated rings. The maximum absolute atomic E-state index is 12.8. The predicted molar refractivity (Wildman–Crippen MR) is 94.0 cm³/mol. The second-order valence-electron chi connectivity index (χ2n) is 5.61. The van der Waals surface area contributed by atoms with Crippen molar-refractivity contribution in [1.29, 1.82) is 0 Å². The van der Waals surface area contributed by atoms with Crippen LogP contribution in [0.5, 0.6) is 0 Å². The van der Waals surface area contributed by atoms with E-state index in [1.807, 2.05) is 18.2 Å². The number of halogens is 1. The molecular formula is C19H16FN3O4. The van der Waals surface area contributed by atoms with Gasteiger partial charge in [0.15, 0.2) is 6.61 Å². The maximum atomic E-state index is 12.8. The summed E-state index contributed by atoms with van der Waals surface area (Å²) in [5.74, 6) is -1.20. The van der Waals surface area contributed by atoms with Crippen LogP contribution in [-0.2, 0) is 20.7 Å². The summed E-state index contributed by atoms with van der Waals surface area (Å²) in [6.07, 6.45) is 0.475. The second-order valence-corrected chi connectivity index (χ2v) is 5.61. The number of carbonyl (C=O) groups excluding carboxylic acids is 2. The fourth-order valence-corrected chi connectivity index (χ4v) is 2.24. The van der Waals surface area contributed by atoms with Crippen molar-refractivity contribution in [2.24, 2.45) is 0 Å². The van der Waals surface area contributed by atoms with Crippen molar-refractivity contribution in [3.63, 3.8) is 0 Å². The monoisotopic (exact) mass is 369 g/mol. The number of benzene rings is 2. The second kappa shape index (κ2) is 8.70. The molecule has 0 aliphatic heterocycles. The number of hydrogen-bond acceptors (Lipinski definition) is 6. The van der Waals surface area contributed by atoms with Crippen LogP contribution in [0.4, 0.5) is 10.4 Å². The van der Waals surface area contributed by atoms with Crippen LogP contribution in [0.3, 0.4) is 0 Å². The molecule has 27 heavy (non-hydrogen) atoms. The molecule has 0 spiro atoms. The highest BCUT2D eigenvalue weighted by molar-refractivity contribution is 5.91. The quantitative estimate of drug-likeness (QED) is 0.644. The van der Waals surface area contributed by atoms with Crippen LogP contribution in [0.15, 0.2) is 59.0 Å². The number of aryl methyl sites for hydroxylation is 1. The lowest BCUT2D eigenvalue weighted by molar-refractivity contribution is -0.147. The van der Waals surface area contributed by atoms with Crippen molar-refractivity contribution in [2.45, 2.75) is 12.8 Å². The van der Waals surface area contributed by atoms with Gasteiger partial charge in [-0.15, -0.1) is 5.10 Å². The van der Waals surface area contributed by atoms with Gasteiger partial charge in [-0.25, -0.2) is 4.39 Å². The number of hydrogen-bond donors (Lipinski definition) is 1. The van der Waals surface area contributed by atoms with E-state index in [1.54, 1.807) is 24.3 Å². The van der Waals surface area contributed by atoms with Crippen LogP contribution in [0.25, 0.3) is 11.5 Å². The summed E-state index contributed by atoms with van der Waals surface area (Å²) in [5.41, 5.74) is 1.52. The third-order valence-electron chi connectivity index (χ3n) is 3.59. The zero-order valence-electron chi connectivity index (χ0n) is 14.2. The normalized spacial score (nSPS) is 10.4. The van der Waals surface area contributed by atoms with Gasteiger partial charge >= 0.3 is 12.0 Å². The average molecular weight is 369 g/mol. The minimum atomic E-state index is -0.589. The minimum absolute atomic E-state index is 0.0810. The van der Waals surface area contributed by atoms with Gasteiger partial charge in [0.1, 0.15) is 5.82 Å².